The van der Waals surface area contributed by atoms with E-state index in [-0.39, 0.29) is 5.91 Å². The molecule has 8 heteroatoms. The first-order valence-corrected chi connectivity index (χ1v) is 13.0. The van der Waals surface area contributed by atoms with Gasteiger partial charge in [0.25, 0.3) is 5.91 Å². The molecule has 0 saturated carbocycles. The summed E-state index contributed by atoms with van der Waals surface area (Å²) in [6.45, 7) is 1.98. The molecule has 0 radical (unpaired) electrons. The minimum absolute atomic E-state index is 0.348. The first-order valence-electron chi connectivity index (χ1n) is 12.2. The molecule has 2 fully saturated rings. The van der Waals surface area contributed by atoms with Crippen LogP contribution >= 0.6 is 11.3 Å². The largest absolute Gasteiger partial charge is 0.465 e. The molecule has 1 aromatic heterocycles. The number of benzene rings is 2. The van der Waals surface area contributed by atoms with Crippen LogP contribution in [0.15, 0.2) is 54.6 Å². The Kier molecular flexibility index (Phi) is 5.65. The van der Waals surface area contributed by atoms with Gasteiger partial charge in [-0.05, 0) is 55.4 Å². The first kappa shape index (κ1) is 22.9. The van der Waals surface area contributed by atoms with Gasteiger partial charge in [0.1, 0.15) is 10.9 Å². The number of esters is 1. The van der Waals surface area contributed by atoms with Crippen LogP contribution in [0.2, 0.25) is 0 Å². The van der Waals surface area contributed by atoms with Gasteiger partial charge < -0.3 is 4.74 Å². The van der Waals surface area contributed by atoms with Crippen LogP contribution in [-0.2, 0) is 32.0 Å². The molecule has 7 nitrogen and oxygen atoms in total. The van der Waals surface area contributed by atoms with E-state index in [0.29, 0.717) is 10.6 Å². The van der Waals surface area contributed by atoms with E-state index in [0.717, 1.165) is 52.9 Å². The van der Waals surface area contributed by atoms with Crippen LogP contribution < -0.4 is 9.96 Å². The molecule has 3 atom stereocenters. The molecule has 2 aliphatic heterocycles. The van der Waals surface area contributed by atoms with Crippen LogP contribution in [0.4, 0.5) is 10.7 Å². The Morgan fingerprint density at radius 3 is 2.47 bits per heavy atom. The summed E-state index contributed by atoms with van der Waals surface area (Å²) in [6, 6.07) is 16.9. The fourth-order valence-corrected chi connectivity index (χ4v) is 7.03. The molecule has 6 rings (SSSR count). The van der Waals surface area contributed by atoms with Crippen LogP contribution in [0.25, 0.3) is 0 Å². The molecule has 3 unspecified atom stereocenters. The quantitative estimate of drug-likeness (QED) is 0.378. The standard InChI is InChI=1S/C28H26N2O5S/c1-16-10-6-8-14-19(16)30-23(17-11-4-3-5-12-17)22-24(35-30)26(32)29(25(22)31)27-21(28(33)34-2)18-13-7-9-15-20(18)36-27/h3-6,8,10-12,14,22-24H,7,9,13,15H2,1-2H3. The van der Waals surface area contributed by atoms with Gasteiger partial charge in [0.05, 0.1) is 24.4 Å². The van der Waals surface area contributed by atoms with Crippen molar-refractivity contribution >= 4 is 39.8 Å². The molecule has 3 aliphatic rings. The number of nitrogens with zero attached hydrogens (tertiary/aromatic N) is 2. The Hall–Kier alpha value is -3.49. The van der Waals surface area contributed by atoms with Crippen molar-refractivity contribution in [3.8, 4) is 0 Å². The third-order valence-electron chi connectivity index (χ3n) is 7.35. The molecule has 1 aliphatic carbocycles. The fraction of sp³-hybridized carbons (Fsp3) is 0.321. The monoisotopic (exact) mass is 502 g/mol. The number of rotatable bonds is 4. The van der Waals surface area contributed by atoms with E-state index in [1.807, 2.05) is 61.5 Å². The van der Waals surface area contributed by atoms with Crippen molar-refractivity contribution in [1.29, 1.82) is 0 Å². The van der Waals surface area contributed by atoms with Gasteiger partial charge in [0.15, 0.2) is 6.10 Å². The maximum Gasteiger partial charge on any atom is 0.341 e. The molecule has 2 saturated heterocycles. The highest BCUT2D eigenvalue weighted by Gasteiger charge is 2.61. The van der Waals surface area contributed by atoms with Crippen molar-refractivity contribution in [2.24, 2.45) is 5.92 Å². The lowest BCUT2D eigenvalue weighted by atomic mass is 9.90. The van der Waals surface area contributed by atoms with Crippen molar-refractivity contribution in [1.82, 2.24) is 0 Å². The number of fused-ring (bicyclic) bond motifs is 2. The Bertz CT molecular complexity index is 1370. The molecule has 2 aromatic carbocycles. The molecular weight excluding hydrogens is 476 g/mol. The highest BCUT2D eigenvalue weighted by molar-refractivity contribution is 7.17. The van der Waals surface area contributed by atoms with Crippen molar-refractivity contribution in [3.63, 3.8) is 0 Å². The second-order valence-electron chi connectivity index (χ2n) is 9.41. The first-order chi connectivity index (χ1) is 17.5. The van der Waals surface area contributed by atoms with E-state index < -0.39 is 29.9 Å². The minimum atomic E-state index is -0.980. The normalized spacial score (nSPS) is 23.1. The molecule has 2 amide bonds. The average molecular weight is 503 g/mol. The van der Waals surface area contributed by atoms with E-state index in [1.165, 1.54) is 23.3 Å². The summed E-state index contributed by atoms with van der Waals surface area (Å²) in [5.74, 6) is -2.04. The third kappa shape index (κ3) is 3.39. The molecule has 3 heterocycles. The second-order valence-corrected chi connectivity index (χ2v) is 10.5. The zero-order valence-corrected chi connectivity index (χ0v) is 20.9. The van der Waals surface area contributed by atoms with Crippen LogP contribution in [0.1, 0.15) is 50.8 Å². The van der Waals surface area contributed by atoms with Crippen molar-refractivity contribution in [3.05, 3.63) is 81.7 Å². The third-order valence-corrected chi connectivity index (χ3v) is 8.63. The summed E-state index contributed by atoms with van der Waals surface area (Å²) >= 11 is 1.36. The van der Waals surface area contributed by atoms with Crippen LogP contribution in [0, 0.1) is 12.8 Å². The number of hydrogen-bond donors (Lipinski definition) is 0. The zero-order valence-electron chi connectivity index (χ0n) is 20.1. The predicted octanol–water partition coefficient (Wildman–Crippen LogP) is 4.77. The maximum absolute atomic E-state index is 14.1. The van der Waals surface area contributed by atoms with Gasteiger partial charge in [-0.25, -0.2) is 14.8 Å². The molecular formula is C28H26N2O5S. The number of hydrogen-bond acceptors (Lipinski definition) is 7. The van der Waals surface area contributed by atoms with Gasteiger partial charge in [-0.1, -0.05) is 48.5 Å². The van der Waals surface area contributed by atoms with E-state index in [1.54, 1.807) is 5.06 Å². The van der Waals surface area contributed by atoms with Gasteiger partial charge in [0.2, 0.25) is 5.91 Å². The Labute approximate surface area is 213 Å². The van der Waals surface area contributed by atoms with Crippen molar-refractivity contribution < 1.29 is 24.0 Å². The summed E-state index contributed by atoms with van der Waals surface area (Å²) in [7, 11) is 1.33. The van der Waals surface area contributed by atoms with Gasteiger partial charge in [-0.15, -0.1) is 11.3 Å². The highest BCUT2D eigenvalue weighted by Crippen LogP contribution is 2.50. The lowest BCUT2D eigenvalue weighted by molar-refractivity contribution is -0.126. The Morgan fingerprint density at radius 1 is 1.00 bits per heavy atom. The molecule has 184 valence electrons. The lowest BCUT2D eigenvalue weighted by Gasteiger charge is -2.29. The van der Waals surface area contributed by atoms with E-state index in [9.17, 15) is 14.4 Å². The van der Waals surface area contributed by atoms with Crippen LogP contribution in [0.3, 0.4) is 0 Å². The molecule has 36 heavy (non-hydrogen) atoms. The predicted molar refractivity (Wildman–Crippen MR) is 136 cm³/mol. The number of anilines is 2. The number of amides is 2. The number of hydroxylamine groups is 1. The number of methoxy groups -OCH3 is 1. The van der Waals surface area contributed by atoms with E-state index in [2.05, 4.69) is 0 Å². The fourth-order valence-electron chi connectivity index (χ4n) is 5.65. The van der Waals surface area contributed by atoms with Gasteiger partial charge in [-0.3, -0.25) is 14.4 Å². The van der Waals surface area contributed by atoms with Crippen molar-refractivity contribution in [2.45, 2.75) is 44.8 Å². The highest BCUT2D eigenvalue weighted by atomic mass is 32.1. The SMILES string of the molecule is COC(=O)c1c(N2C(=O)C3ON(c4ccccc4C)C(c4ccccc4)C3C2=O)sc2c1CCCC2. The maximum atomic E-state index is 14.1. The summed E-state index contributed by atoms with van der Waals surface area (Å²) in [6.07, 6.45) is 2.57. The van der Waals surface area contributed by atoms with E-state index >= 15 is 0 Å². The summed E-state index contributed by atoms with van der Waals surface area (Å²) in [5, 5.41) is 2.09. The summed E-state index contributed by atoms with van der Waals surface area (Å²) < 4.78 is 5.08. The second kappa shape index (κ2) is 8.87. The molecule has 0 N–H and O–H groups in total. The lowest BCUT2D eigenvalue weighted by Crippen LogP contribution is -2.38. The number of imide groups is 1. The smallest absolute Gasteiger partial charge is 0.341 e. The number of thiophene rings is 1. The number of para-hydroxylation sites is 1. The summed E-state index contributed by atoms with van der Waals surface area (Å²) in [4.78, 5) is 49.3. The van der Waals surface area contributed by atoms with Gasteiger partial charge in [-0.2, -0.15) is 0 Å². The molecule has 0 spiro atoms. The minimum Gasteiger partial charge on any atom is -0.465 e. The van der Waals surface area contributed by atoms with Crippen LogP contribution in [0.5, 0.6) is 0 Å². The molecule has 0 bridgehead atoms. The number of ether oxygens (including phenoxy) is 1. The van der Waals surface area contributed by atoms with Crippen molar-refractivity contribution in [2.75, 3.05) is 17.1 Å². The van der Waals surface area contributed by atoms with E-state index in [4.69, 9.17) is 9.57 Å². The zero-order chi connectivity index (χ0) is 25.0. The van der Waals surface area contributed by atoms with Gasteiger partial charge in [0, 0.05) is 4.88 Å². The Morgan fingerprint density at radius 2 is 1.72 bits per heavy atom. The van der Waals surface area contributed by atoms with Crippen LogP contribution in [-0.4, -0.2) is 31.0 Å². The molecule has 3 aromatic rings. The average Bonchev–Trinajstić information content (AvgIpc) is 3.54. The van der Waals surface area contributed by atoms with Gasteiger partial charge >= 0.3 is 5.97 Å². The topological polar surface area (TPSA) is 76.2 Å². The number of aryl methyl sites for hydroxylation is 2. The summed E-state index contributed by atoms with van der Waals surface area (Å²) in [5.41, 5.74) is 3.94. The number of carbonyl (C=O) groups excluding carboxylic acids is 3. The number of carbonyl (C=O) groups is 3. The Balaban J connectivity index is 1.46.